The van der Waals surface area contributed by atoms with Crippen molar-refractivity contribution in [2.75, 3.05) is 20.8 Å². The maximum Gasteiger partial charge on any atom is 0.336 e. The molecule has 0 amide bonds. The third-order valence-corrected chi connectivity index (χ3v) is 6.58. The van der Waals surface area contributed by atoms with Crippen LogP contribution in [-0.2, 0) is 14.3 Å². The van der Waals surface area contributed by atoms with Crippen molar-refractivity contribution < 1.29 is 23.8 Å². The van der Waals surface area contributed by atoms with Crippen LogP contribution in [0.15, 0.2) is 65.0 Å². The molecule has 4 rings (SSSR count). The van der Waals surface area contributed by atoms with Crippen molar-refractivity contribution in [3.8, 4) is 11.5 Å². The van der Waals surface area contributed by atoms with Gasteiger partial charge in [-0.2, -0.15) is 0 Å². The first-order valence-electron chi connectivity index (χ1n) is 11.6. The number of ketones is 1. The zero-order valence-electron chi connectivity index (χ0n) is 20.4. The second-order valence-corrected chi connectivity index (χ2v) is 8.77. The number of hydrogen-bond donors (Lipinski definition) is 1. The van der Waals surface area contributed by atoms with Gasteiger partial charge in [-0.25, -0.2) is 4.79 Å². The summed E-state index contributed by atoms with van der Waals surface area (Å²) in [5.74, 6) is 0.487. The highest BCUT2D eigenvalue weighted by molar-refractivity contribution is 6.04. The van der Waals surface area contributed by atoms with Crippen LogP contribution in [0, 0.1) is 6.92 Å². The van der Waals surface area contributed by atoms with Crippen molar-refractivity contribution in [3.63, 3.8) is 0 Å². The third kappa shape index (κ3) is 4.32. The number of methoxy groups -OCH3 is 2. The third-order valence-electron chi connectivity index (χ3n) is 6.58. The number of esters is 1. The molecule has 1 aliphatic carbocycles. The highest BCUT2D eigenvalue weighted by atomic mass is 16.5. The lowest BCUT2D eigenvalue weighted by Gasteiger charge is -2.36. The number of dihydropyridines is 1. The molecule has 0 radical (unpaired) electrons. The predicted octanol–water partition coefficient (Wildman–Crippen LogP) is 4.94. The number of ether oxygens (including phenoxy) is 3. The molecule has 1 N–H and O–H groups in total. The molecule has 0 saturated heterocycles. The van der Waals surface area contributed by atoms with Crippen molar-refractivity contribution in [1.29, 1.82) is 0 Å². The Balaban J connectivity index is 1.78. The second kappa shape index (κ2) is 9.75. The number of hydrogen-bond acceptors (Lipinski definition) is 6. The highest BCUT2D eigenvalue weighted by Gasteiger charge is 2.41. The molecule has 0 aromatic heterocycles. The van der Waals surface area contributed by atoms with E-state index in [4.69, 9.17) is 14.2 Å². The number of carbonyl (C=O) groups is 2. The van der Waals surface area contributed by atoms with Gasteiger partial charge in [-0.15, -0.1) is 0 Å². The van der Waals surface area contributed by atoms with Crippen LogP contribution in [0.4, 0.5) is 0 Å². The predicted molar refractivity (Wildman–Crippen MR) is 130 cm³/mol. The Labute approximate surface area is 200 Å². The van der Waals surface area contributed by atoms with Crippen LogP contribution in [0.3, 0.4) is 0 Å². The largest absolute Gasteiger partial charge is 0.493 e. The van der Waals surface area contributed by atoms with Crippen molar-refractivity contribution in [2.24, 2.45) is 0 Å². The summed E-state index contributed by atoms with van der Waals surface area (Å²) >= 11 is 0. The number of benzene rings is 2. The molecular formula is C28H31NO5. The normalized spacial score (nSPS) is 20.0. The van der Waals surface area contributed by atoms with Gasteiger partial charge in [0, 0.05) is 29.3 Å². The Morgan fingerprint density at radius 3 is 2.44 bits per heavy atom. The lowest BCUT2D eigenvalue weighted by Crippen LogP contribution is -2.36. The molecule has 0 spiro atoms. The number of carbonyl (C=O) groups excluding carboxylic acids is 2. The molecule has 2 aromatic rings. The van der Waals surface area contributed by atoms with Crippen molar-refractivity contribution in [1.82, 2.24) is 5.32 Å². The minimum atomic E-state index is -0.450. The lowest BCUT2D eigenvalue weighted by molar-refractivity contribution is -0.138. The molecule has 1 heterocycles. The summed E-state index contributed by atoms with van der Waals surface area (Å²) in [6.07, 6.45) is 1.01. The molecule has 2 atom stereocenters. The minimum absolute atomic E-state index is 0.00587. The zero-order chi connectivity index (χ0) is 24.4. The van der Waals surface area contributed by atoms with Crippen LogP contribution in [0.1, 0.15) is 55.2 Å². The first-order chi connectivity index (χ1) is 16.4. The van der Waals surface area contributed by atoms with E-state index in [2.05, 4.69) is 5.32 Å². The fourth-order valence-electron chi connectivity index (χ4n) is 5.04. The Bertz CT molecular complexity index is 1190. The van der Waals surface area contributed by atoms with Crippen LogP contribution in [0.2, 0.25) is 0 Å². The Hall–Kier alpha value is -3.54. The van der Waals surface area contributed by atoms with E-state index in [1.165, 1.54) is 0 Å². The molecule has 2 aromatic carbocycles. The van der Waals surface area contributed by atoms with Gasteiger partial charge in [0.15, 0.2) is 17.3 Å². The number of Topliss-reactive ketones (excluding diaryl/α,β-unsaturated/α-hetero) is 1. The van der Waals surface area contributed by atoms with Gasteiger partial charge in [-0.1, -0.05) is 35.9 Å². The minimum Gasteiger partial charge on any atom is -0.493 e. The van der Waals surface area contributed by atoms with Crippen LogP contribution in [0.25, 0.3) is 0 Å². The van der Waals surface area contributed by atoms with Gasteiger partial charge in [0.2, 0.25) is 0 Å². The second-order valence-electron chi connectivity index (χ2n) is 8.77. The number of aryl methyl sites for hydroxylation is 1. The molecule has 34 heavy (non-hydrogen) atoms. The van der Waals surface area contributed by atoms with E-state index in [1.54, 1.807) is 21.1 Å². The molecule has 6 heteroatoms. The molecule has 0 bridgehead atoms. The van der Waals surface area contributed by atoms with Crippen LogP contribution in [-0.4, -0.2) is 32.6 Å². The molecule has 2 aliphatic rings. The maximum absolute atomic E-state index is 13.7. The maximum atomic E-state index is 13.7. The lowest BCUT2D eigenvalue weighted by atomic mass is 9.71. The van der Waals surface area contributed by atoms with E-state index >= 15 is 0 Å². The smallest absolute Gasteiger partial charge is 0.336 e. The average molecular weight is 462 g/mol. The quantitative estimate of drug-likeness (QED) is 0.615. The molecular weight excluding hydrogens is 430 g/mol. The van der Waals surface area contributed by atoms with E-state index < -0.39 is 5.92 Å². The van der Waals surface area contributed by atoms with E-state index in [0.717, 1.165) is 28.1 Å². The molecule has 6 nitrogen and oxygen atoms in total. The van der Waals surface area contributed by atoms with Gasteiger partial charge < -0.3 is 19.5 Å². The topological polar surface area (TPSA) is 73.9 Å². The summed E-state index contributed by atoms with van der Waals surface area (Å²) in [4.78, 5) is 26.7. The van der Waals surface area contributed by atoms with E-state index in [9.17, 15) is 9.59 Å². The molecule has 1 aliphatic heterocycles. The van der Waals surface area contributed by atoms with Crippen molar-refractivity contribution in [3.05, 3.63) is 81.7 Å². The number of rotatable bonds is 6. The van der Waals surface area contributed by atoms with Gasteiger partial charge >= 0.3 is 5.97 Å². The van der Waals surface area contributed by atoms with Crippen LogP contribution >= 0.6 is 0 Å². The average Bonchev–Trinajstić information content (AvgIpc) is 2.82. The molecule has 2 unspecified atom stereocenters. The monoisotopic (exact) mass is 461 g/mol. The molecule has 0 saturated carbocycles. The number of allylic oxidation sites excluding steroid dienone is 3. The summed E-state index contributed by atoms with van der Waals surface area (Å²) in [7, 11) is 3.21. The highest BCUT2D eigenvalue weighted by Crippen LogP contribution is 2.46. The van der Waals surface area contributed by atoms with Crippen molar-refractivity contribution in [2.45, 2.75) is 45.4 Å². The van der Waals surface area contributed by atoms with E-state index in [0.29, 0.717) is 35.5 Å². The van der Waals surface area contributed by atoms with Crippen LogP contribution in [0.5, 0.6) is 11.5 Å². The summed E-state index contributed by atoms with van der Waals surface area (Å²) in [5, 5.41) is 3.38. The first-order valence-corrected chi connectivity index (χ1v) is 11.6. The Kier molecular flexibility index (Phi) is 6.77. The first kappa shape index (κ1) is 23.6. The SMILES string of the molecule is CCOC(=O)C1=C(C)NC2=C(C(=O)CC(c3ccc(OC)c(OC)c3)C2)C1c1cccc(C)c1. The summed E-state index contributed by atoms with van der Waals surface area (Å²) < 4.78 is 16.2. The summed E-state index contributed by atoms with van der Waals surface area (Å²) in [6, 6.07) is 13.8. The van der Waals surface area contributed by atoms with E-state index in [1.807, 2.05) is 56.3 Å². The molecule has 178 valence electrons. The van der Waals surface area contributed by atoms with E-state index in [-0.39, 0.29) is 24.3 Å². The Morgan fingerprint density at radius 2 is 1.76 bits per heavy atom. The standard InChI is InChI=1S/C28H31NO5/c1-6-34-28(31)25-17(3)29-21-13-20(18-10-11-23(32-4)24(15-18)33-5)14-22(30)27(21)26(25)19-9-7-8-16(2)12-19/h7-12,15,20,26,29H,6,13-14H2,1-5H3. The van der Waals surface area contributed by atoms with Crippen LogP contribution < -0.4 is 14.8 Å². The van der Waals surface area contributed by atoms with Gasteiger partial charge in [0.25, 0.3) is 0 Å². The summed E-state index contributed by atoms with van der Waals surface area (Å²) in [5.41, 5.74) is 5.78. The Morgan fingerprint density at radius 1 is 1.00 bits per heavy atom. The van der Waals surface area contributed by atoms with Gasteiger partial charge in [0.05, 0.1) is 26.4 Å². The van der Waals surface area contributed by atoms with Crippen molar-refractivity contribution >= 4 is 11.8 Å². The molecule has 0 fully saturated rings. The van der Waals surface area contributed by atoms with Gasteiger partial charge in [0.1, 0.15) is 0 Å². The van der Waals surface area contributed by atoms with Gasteiger partial charge in [-0.3, -0.25) is 4.79 Å². The fourth-order valence-corrected chi connectivity index (χ4v) is 5.04. The van der Waals surface area contributed by atoms with Gasteiger partial charge in [-0.05, 0) is 56.4 Å². The fraction of sp³-hybridized carbons (Fsp3) is 0.357. The number of nitrogens with one attached hydrogen (secondary N) is 1. The summed E-state index contributed by atoms with van der Waals surface area (Å²) in [6.45, 7) is 5.95. The zero-order valence-corrected chi connectivity index (χ0v) is 20.4.